The van der Waals surface area contributed by atoms with E-state index < -0.39 is 0 Å². The average Bonchev–Trinajstić information content (AvgIpc) is 1.97. The Kier molecular flexibility index (Phi) is 6.14. The summed E-state index contributed by atoms with van der Waals surface area (Å²) in [6.07, 6.45) is 6.40. The summed E-state index contributed by atoms with van der Waals surface area (Å²) in [7, 11) is 0. The zero-order chi connectivity index (χ0) is 7.82. The molecule has 0 aliphatic rings. The summed E-state index contributed by atoms with van der Waals surface area (Å²) < 4.78 is 0. The minimum Gasteiger partial charge on any atom is -0.266 e. The van der Waals surface area contributed by atoms with E-state index in [2.05, 4.69) is 25.4 Å². The Morgan fingerprint density at radius 1 is 1.50 bits per heavy atom. The molecule has 0 unspecified atom stereocenters. The van der Waals surface area contributed by atoms with Gasteiger partial charge in [-0.2, -0.15) is 0 Å². The van der Waals surface area contributed by atoms with Gasteiger partial charge in [0.1, 0.15) is 0 Å². The van der Waals surface area contributed by atoms with Crippen LogP contribution in [0.1, 0.15) is 39.5 Å². The Morgan fingerprint density at radius 2 is 2.20 bits per heavy atom. The van der Waals surface area contributed by atoms with Crippen LogP contribution in [0.5, 0.6) is 0 Å². The fourth-order valence-corrected chi connectivity index (χ4v) is 0.666. The summed E-state index contributed by atoms with van der Waals surface area (Å²) >= 11 is 0. The Bertz CT molecular complexity index is 114. The number of hydrogen-bond acceptors (Lipinski definition) is 1. The molecule has 0 amide bonds. The Labute approximate surface area is 63.9 Å². The summed E-state index contributed by atoms with van der Waals surface area (Å²) in [5.41, 5.74) is 1.02. The average molecular weight is 139 g/mol. The van der Waals surface area contributed by atoms with Crippen molar-refractivity contribution in [1.82, 2.24) is 0 Å². The van der Waals surface area contributed by atoms with Gasteiger partial charge in [0, 0.05) is 11.9 Å². The van der Waals surface area contributed by atoms with E-state index >= 15 is 0 Å². The minimum atomic E-state index is 1.01. The van der Waals surface area contributed by atoms with Crippen LogP contribution in [0.2, 0.25) is 0 Å². The van der Waals surface area contributed by atoms with Gasteiger partial charge in [0.25, 0.3) is 0 Å². The molecular formula is C9H17N. The highest BCUT2D eigenvalue weighted by atomic mass is 14.7. The van der Waals surface area contributed by atoms with Gasteiger partial charge in [-0.3, -0.25) is 4.99 Å². The summed E-state index contributed by atoms with van der Waals surface area (Å²) in [5, 5.41) is 0. The van der Waals surface area contributed by atoms with Crippen molar-refractivity contribution in [3.63, 3.8) is 0 Å². The van der Waals surface area contributed by atoms with Gasteiger partial charge in [-0.05, 0) is 19.3 Å². The van der Waals surface area contributed by atoms with Crippen LogP contribution in [0.15, 0.2) is 17.3 Å². The van der Waals surface area contributed by atoms with E-state index in [9.17, 15) is 0 Å². The number of allylic oxidation sites excluding steroid dienone is 1. The van der Waals surface area contributed by atoms with Crippen molar-refractivity contribution < 1.29 is 0 Å². The molecule has 0 aromatic carbocycles. The van der Waals surface area contributed by atoms with E-state index in [1.807, 2.05) is 6.21 Å². The van der Waals surface area contributed by atoms with Crippen LogP contribution in [-0.4, -0.2) is 6.21 Å². The lowest BCUT2D eigenvalue weighted by atomic mass is 10.2. The van der Waals surface area contributed by atoms with Crippen molar-refractivity contribution in [3.8, 4) is 0 Å². The highest BCUT2D eigenvalue weighted by Crippen LogP contribution is 2.04. The van der Waals surface area contributed by atoms with Gasteiger partial charge < -0.3 is 0 Å². The van der Waals surface area contributed by atoms with Gasteiger partial charge in [0.05, 0.1) is 0 Å². The maximum atomic E-state index is 4.16. The number of nitrogens with zero attached hydrogens (tertiary/aromatic N) is 1. The zero-order valence-corrected chi connectivity index (χ0v) is 7.06. The van der Waals surface area contributed by atoms with Gasteiger partial charge >= 0.3 is 0 Å². The van der Waals surface area contributed by atoms with Gasteiger partial charge in [0.2, 0.25) is 0 Å². The third-order valence-corrected chi connectivity index (χ3v) is 1.28. The van der Waals surface area contributed by atoms with E-state index in [1.54, 1.807) is 0 Å². The number of hydrogen-bond donors (Lipinski definition) is 0. The summed E-state index contributed by atoms with van der Waals surface area (Å²) in [5.74, 6) is 0. The van der Waals surface area contributed by atoms with Crippen LogP contribution in [0.4, 0.5) is 0 Å². The molecular weight excluding hydrogens is 122 g/mol. The van der Waals surface area contributed by atoms with Crippen molar-refractivity contribution in [3.05, 3.63) is 12.3 Å². The fourth-order valence-electron chi connectivity index (χ4n) is 0.666. The number of rotatable bonds is 5. The van der Waals surface area contributed by atoms with Crippen LogP contribution < -0.4 is 0 Å². The van der Waals surface area contributed by atoms with E-state index in [1.165, 1.54) is 12.8 Å². The van der Waals surface area contributed by atoms with Crippen LogP contribution >= 0.6 is 0 Å². The molecule has 58 valence electrons. The molecule has 10 heavy (non-hydrogen) atoms. The van der Waals surface area contributed by atoms with Crippen molar-refractivity contribution in [1.29, 1.82) is 0 Å². The number of unbranched alkanes of at least 4 members (excludes halogenated alkanes) is 1. The molecule has 0 aromatic rings. The molecule has 0 spiro atoms. The van der Waals surface area contributed by atoms with Crippen LogP contribution in [0.25, 0.3) is 0 Å². The second kappa shape index (κ2) is 6.53. The molecule has 0 fully saturated rings. The van der Waals surface area contributed by atoms with Gasteiger partial charge in [0.15, 0.2) is 0 Å². The SMILES string of the molecule is C=C(CCCC)N=CCC. The van der Waals surface area contributed by atoms with Crippen molar-refractivity contribution in [2.75, 3.05) is 0 Å². The number of aliphatic imine (C=N–C) groups is 1. The molecule has 1 nitrogen and oxygen atoms in total. The smallest absolute Gasteiger partial charge is 0.0328 e. The molecule has 0 radical (unpaired) electrons. The maximum Gasteiger partial charge on any atom is 0.0328 e. The molecule has 0 aromatic heterocycles. The minimum absolute atomic E-state index is 1.01. The van der Waals surface area contributed by atoms with Crippen molar-refractivity contribution in [2.24, 2.45) is 4.99 Å². The first-order valence-electron chi connectivity index (χ1n) is 4.01. The third kappa shape index (κ3) is 5.54. The quantitative estimate of drug-likeness (QED) is 0.519. The topological polar surface area (TPSA) is 12.4 Å². The molecule has 0 saturated heterocycles. The maximum absolute atomic E-state index is 4.16. The van der Waals surface area contributed by atoms with Crippen LogP contribution in [-0.2, 0) is 0 Å². The first-order valence-corrected chi connectivity index (χ1v) is 4.01. The second-order valence-electron chi connectivity index (χ2n) is 2.39. The summed E-state index contributed by atoms with van der Waals surface area (Å²) in [6.45, 7) is 8.09. The predicted octanol–water partition coefficient (Wildman–Crippen LogP) is 3.17. The zero-order valence-electron chi connectivity index (χ0n) is 7.06. The lowest BCUT2D eigenvalue weighted by Gasteiger charge is -1.95. The van der Waals surface area contributed by atoms with E-state index in [0.29, 0.717) is 0 Å². The molecule has 0 heterocycles. The Morgan fingerprint density at radius 3 is 2.70 bits per heavy atom. The van der Waals surface area contributed by atoms with E-state index in [-0.39, 0.29) is 0 Å². The standard InChI is InChI=1S/C9H17N/c1-4-6-7-9(3)10-8-5-2/h8H,3-7H2,1-2H3. The highest BCUT2D eigenvalue weighted by molar-refractivity contribution is 5.58. The van der Waals surface area contributed by atoms with Crippen molar-refractivity contribution in [2.45, 2.75) is 39.5 Å². The molecule has 0 aliphatic carbocycles. The molecule has 0 saturated carbocycles. The Balaban J connectivity index is 3.34. The fraction of sp³-hybridized carbons (Fsp3) is 0.667. The van der Waals surface area contributed by atoms with Gasteiger partial charge in [-0.1, -0.05) is 26.8 Å². The first-order chi connectivity index (χ1) is 4.81. The van der Waals surface area contributed by atoms with Gasteiger partial charge in [-0.25, -0.2) is 0 Å². The van der Waals surface area contributed by atoms with E-state index in [0.717, 1.165) is 18.5 Å². The summed E-state index contributed by atoms with van der Waals surface area (Å²) in [4.78, 5) is 4.16. The van der Waals surface area contributed by atoms with Crippen LogP contribution in [0, 0.1) is 0 Å². The largest absolute Gasteiger partial charge is 0.266 e. The third-order valence-electron chi connectivity index (χ3n) is 1.28. The highest BCUT2D eigenvalue weighted by Gasteiger charge is 1.86. The van der Waals surface area contributed by atoms with Gasteiger partial charge in [-0.15, -0.1) is 0 Å². The normalized spacial score (nSPS) is 10.6. The molecule has 0 bridgehead atoms. The predicted molar refractivity (Wildman–Crippen MR) is 47.4 cm³/mol. The second-order valence-corrected chi connectivity index (χ2v) is 2.39. The van der Waals surface area contributed by atoms with Crippen LogP contribution in [0.3, 0.4) is 0 Å². The molecule has 0 rings (SSSR count). The molecule has 0 N–H and O–H groups in total. The monoisotopic (exact) mass is 139 g/mol. The molecule has 0 atom stereocenters. The van der Waals surface area contributed by atoms with E-state index in [4.69, 9.17) is 0 Å². The molecule has 1 heteroatoms. The lowest BCUT2D eigenvalue weighted by Crippen LogP contribution is -1.78. The first kappa shape index (κ1) is 9.41. The Hall–Kier alpha value is -0.590. The van der Waals surface area contributed by atoms with Crippen molar-refractivity contribution >= 4 is 6.21 Å². The summed E-state index contributed by atoms with van der Waals surface area (Å²) in [6, 6.07) is 0. The molecule has 0 aliphatic heterocycles. The lowest BCUT2D eigenvalue weighted by molar-refractivity contribution is 0.784.